The molecular weight excluding hydrogens is 462 g/mol. The van der Waals surface area contributed by atoms with Gasteiger partial charge >= 0.3 is 5.97 Å². The molecule has 0 spiro atoms. The van der Waals surface area contributed by atoms with Gasteiger partial charge < -0.3 is 19.5 Å². The van der Waals surface area contributed by atoms with Crippen LogP contribution < -0.4 is 14.8 Å². The van der Waals surface area contributed by atoms with Crippen LogP contribution in [0, 0.1) is 0 Å². The topological polar surface area (TPSA) is 73.9 Å². The maximum atomic E-state index is 13.4. The number of benzene rings is 2. The van der Waals surface area contributed by atoms with E-state index in [-0.39, 0.29) is 5.78 Å². The molecule has 1 heterocycles. The highest BCUT2D eigenvalue weighted by atomic mass is 79.9. The highest BCUT2D eigenvalue weighted by molar-refractivity contribution is 9.10. The van der Waals surface area contributed by atoms with Crippen LogP contribution >= 0.6 is 15.9 Å². The molecule has 1 atom stereocenters. The summed E-state index contributed by atoms with van der Waals surface area (Å²) >= 11 is 3.56. The number of dihydropyridines is 1. The van der Waals surface area contributed by atoms with Crippen LogP contribution in [0.25, 0.3) is 5.70 Å². The quantitative estimate of drug-likeness (QED) is 0.626. The largest absolute Gasteiger partial charge is 0.493 e. The summed E-state index contributed by atoms with van der Waals surface area (Å²) in [6, 6.07) is 11.1. The average molecular weight is 484 g/mol. The molecule has 2 aliphatic rings. The summed E-state index contributed by atoms with van der Waals surface area (Å²) in [5.41, 5.74) is 4.44. The van der Waals surface area contributed by atoms with Crippen molar-refractivity contribution in [1.29, 1.82) is 0 Å². The number of carbonyl (C=O) groups is 2. The van der Waals surface area contributed by atoms with Gasteiger partial charge in [-0.05, 0) is 47.5 Å². The molecule has 4 rings (SSSR count). The van der Waals surface area contributed by atoms with Crippen molar-refractivity contribution < 1.29 is 23.8 Å². The second-order valence-electron chi connectivity index (χ2n) is 7.22. The lowest BCUT2D eigenvalue weighted by atomic mass is 9.79. The summed E-state index contributed by atoms with van der Waals surface area (Å²) in [5.74, 6) is -0.144. The molecule has 0 aromatic heterocycles. The van der Waals surface area contributed by atoms with Gasteiger partial charge in [0.15, 0.2) is 17.3 Å². The van der Waals surface area contributed by atoms with Crippen LogP contribution in [0.1, 0.15) is 41.3 Å². The predicted octanol–water partition coefficient (Wildman–Crippen LogP) is 4.60. The van der Waals surface area contributed by atoms with E-state index in [0.717, 1.165) is 16.8 Å². The Morgan fingerprint density at radius 1 is 1.16 bits per heavy atom. The monoisotopic (exact) mass is 483 g/mol. The summed E-state index contributed by atoms with van der Waals surface area (Å²) in [7, 11) is 2.89. The fraction of sp³-hybridized carbons (Fsp3) is 0.250. The number of halogens is 1. The number of ether oxygens (including phenoxy) is 3. The summed E-state index contributed by atoms with van der Waals surface area (Å²) < 4.78 is 17.0. The minimum Gasteiger partial charge on any atom is -0.493 e. The molecule has 0 amide bonds. The van der Waals surface area contributed by atoms with E-state index in [1.807, 2.05) is 44.2 Å². The number of Topliss-reactive ketones (excluding diaryl/α,β-unsaturated/α-hetero) is 1. The lowest BCUT2D eigenvalue weighted by molar-refractivity contribution is -0.136. The molecule has 1 aliphatic heterocycles. The van der Waals surface area contributed by atoms with Gasteiger partial charge in [0.1, 0.15) is 0 Å². The van der Waals surface area contributed by atoms with Gasteiger partial charge in [-0.3, -0.25) is 4.79 Å². The van der Waals surface area contributed by atoms with E-state index in [9.17, 15) is 9.59 Å². The van der Waals surface area contributed by atoms with Crippen molar-refractivity contribution >= 4 is 33.4 Å². The number of hydrogen-bond donors (Lipinski definition) is 1. The number of carbonyl (C=O) groups excluding carboxylic acids is 2. The molecule has 1 N–H and O–H groups in total. The zero-order valence-electron chi connectivity index (χ0n) is 17.7. The molecule has 6 nitrogen and oxygen atoms in total. The van der Waals surface area contributed by atoms with Gasteiger partial charge in [0.2, 0.25) is 0 Å². The lowest BCUT2D eigenvalue weighted by Gasteiger charge is -2.29. The Morgan fingerprint density at radius 2 is 1.87 bits per heavy atom. The first-order valence-corrected chi connectivity index (χ1v) is 10.7. The van der Waals surface area contributed by atoms with Crippen LogP contribution in [0.2, 0.25) is 0 Å². The Labute approximate surface area is 189 Å². The van der Waals surface area contributed by atoms with E-state index in [1.54, 1.807) is 13.2 Å². The number of fused-ring (bicyclic) bond motifs is 2. The van der Waals surface area contributed by atoms with Gasteiger partial charge in [-0.1, -0.05) is 24.3 Å². The van der Waals surface area contributed by atoms with Crippen LogP contribution in [0.15, 0.2) is 57.7 Å². The van der Waals surface area contributed by atoms with Crippen molar-refractivity contribution in [3.8, 4) is 11.5 Å². The van der Waals surface area contributed by atoms with E-state index in [4.69, 9.17) is 14.2 Å². The summed E-state index contributed by atoms with van der Waals surface area (Å²) in [6.07, 6.45) is 0. The SMILES string of the molecule is CCOc1c(Br)cc([C@H]2C(C(=O)OC)=C(C)NC3=C2C(=O)c2ccccc23)cc1OC. The third-order valence-electron chi connectivity index (χ3n) is 5.53. The standard InChI is InChI=1S/C24H22BrNO5/c1-5-31-23-16(25)10-13(11-17(23)29-3)19-18(24(28)30-4)12(2)26-21-14-8-6-7-9-15(14)22(27)20(19)21/h6-11,19,26H,5H2,1-4H3/t19-/m0/s1. The molecule has 0 saturated heterocycles. The smallest absolute Gasteiger partial charge is 0.336 e. The van der Waals surface area contributed by atoms with Crippen molar-refractivity contribution in [2.24, 2.45) is 0 Å². The molecule has 0 unspecified atom stereocenters. The zero-order valence-corrected chi connectivity index (χ0v) is 19.3. The molecular formula is C24H22BrNO5. The molecule has 2 aromatic carbocycles. The second-order valence-corrected chi connectivity index (χ2v) is 8.07. The predicted molar refractivity (Wildman–Crippen MR) is 120 cm³/mol. The first-order valence-electron chi connectivity index (χ1n) is 9.87. The van der Waals surface area contributed by atoms with Gasteiger partial charge in [-0.15, -0.1) is 0 Å². The van der Waals surface area contributed by atoms with Crippen molar-refractivity contribution in [3.05, 3.63) is 74.4 Å². The Balaban J connectivity index is 1.96. The summed E-state index contributed by atoms with van der Waals surface area (Å²) in [5, 5.41) is 3.27. The van der Waals surface area contributed by atoms with Crippen molar-refractivity contribution in [2.75, 3.05) is 20.8 Å². The number of esters is 1. The van der Waals surface area contributed by atoms with E-state index in [0.29, 0.717) is 45.0 Å². The summed E-state index contributed by atoms with van der Waals surface area (Å²) in [4.78, 5) is 26.3. The summed E-state index contributed by atoms with van der Waals surface area (Å²) in [6.45, 7) is 4.17. The van der Waals surface area contributed by atoms with Gasteiger partial charge in [-0.25, -0.2) is 4.79 Å². The number of hydrogen-bond acceptors (Lipinski definition) is 6. The Morgan fingerprint density at radius 3 is 2.52 bits per heavy atom. The molecule has 0 radical (unpaired) electrons. The van der Waals surface area contributed by atoms with E-state index in [2.05, 4.69) is 21.2 Å². The lowest BCUT2D eigenvalue weighted by Crippen LogP contribution is -2.29. The molecule has 0 saturated carbocycles. The number of allylic oxidation sites excluding steroid dienone is 2. The average Bonchev–Trinajstić information content (AvgIpc) is 3.05. The zero-order chi connectivity index (χ0) is 22.3. The van der Waals surface area contributed by atoms with E-state index in [1.165, 1.54) is 7.11 Å². The molecule has 7 heteroatoms. The normalized spacial score (nSPS) is 17.2. The first kappa shape index (κ1) is 21.2. The van der Waals surface area contributed by atoms with Crippen molar-refractivity contribution in [1.82, 2.24) is 5.32 Å². The van der Waals surface area contributed by atoms with Crippen molar-refractivity contribution in [3.63, 3.8) is 0 Å². The fourth-order valence-corrected chi connectivity index (χ4v) is 4.81. The molecule has 160 valence electrons. The van der Waals surface area contributed by atoms with Crippen LogP contribution in [0.4, 0.5) is 0 Å². The third-order valence-corrected chi connectivity index (χ3v) is 6.12. The van der Waals surface area contributed by atoms with E-state index < -0.39 is 11.9 Å². The van der Waals surface area contributed by atoms with Crippen LogP contribution in [-0.4, -0.2) is 32.6 Å². The molecule has 2 aromatic rings. The molecule has 0 bridgehead atoms. The van der Waals surface area contributed by atoms with E-state index >= 15 is 0 Å². The number of methoxy groups -OCH3 is 2. The van der Waals surface area contributed by atoms with Crippen LogP contribution in [-0.2, 0) is 9.53 Å². The van der Waals surface area contributed by atoms with Gasteiger partial charge in [-0.2, -0.15) is 0 Å². The third kappa shape index (κ3) is 3.33. The van der Waals surface area contributed by atoms with Gasteiger partial charge in [0.25, 0.3) is 0 Å². The number of nitrogens with one attached hydrogen (secondary N) is 1. The molecule has 1 aliphatic carbocycles. The minimum absolute atomic E-state index is 0.110. The molecule has 31 heavy (non-hydrogen) atoms. The molecule has 0 fully saturated rings. The maximum absolute atomic E-state index is 13.4. The second kappa shape index (κ2) is 8.23. The first-order chi connectivity index (χ1) is 14.9. The van der Waals surface area contributed by atoms with Gasteiger partial charge in [0.05, 0.1) is 36.6 Å². The number of rotatable bonds is 5. The Hall–Kier alpha value is -3.06. The van der Waals surface area contributed by atoms with Gasteiger partial charge in [0, 0.05) is 28.3 Å². The Kier molecular flexibility index (Phi) is 5.62. The minimum atomic E-state index is -0.621. The highest BCUT2D eigenvalue weighted by Crippen LogP contribution is 2.49. The maximum Gasteiger partial charge on any atom is 0.336 e. The van der Waals surface area contributed by atoms with Crippen LogP contribution in [0.3, 0.4) is 0 Å². The van der Waals surface area contributed by atoms with Crippen molar-refractivity contribution in [2.45, 2.75) is 19.8 Å². The fourth-order valence-electron chi connectivity index (χ4n) is 4.23. The Bertz CT molecular complexity index is 1160. The van der Waals surface area contributed by atoms with Crippen LogP contribution in [0.5, 0.6) is 11.5 Å². The number of ketones is 1. The highest BCUT2D eigenvalue weighted by Gasteiger charge is 2.43.